The van der Waals surface area contributed by atoms with Gasteiger partial charge in [-0.1, -0.05) is 37.6 Å². The maximum absolute atomic E-state index is 13.9. The third kappa shape index (κ3) is 5.44. The molecule has 2 bridgehead atoms. The fourth-order valence-corrected chi connectivity index (χ4v) is 7.37. The first-order valence-corrected chi connectivity index (χ1v) is 15.2. The Kier molecular flexibility index (Phi) is 8.63. The van der Waals surface area contributed by atoms with Crippen molar-refractivity contribution in [2.24, 2.45) is 16.7 Å². The number of carbonyl (C=O) groups is 4. The van der Waals surface area contributed by atoms with Crippen LogP contribution in [0.2, 0.25) is 0 Å². The lowest BCUT2D eigenvalue weighted by atomic mass is 9.51. The molecule has 1 N–H and O–H groups in total. The SMILES string of the molecule is CC1=C[C@H]2O[C@@H]3C[C@H]4OC(=O)/C=C\C=C\C(=O)OCC[C@@H](C)[C@@H](NC(=O)[C@H](C)N(C)C)C(=O)OC[C@@]2(CC1)[C@]4(C)[C@]31CO1. The summed E-state index contributed by atoms with van der Waals surface area (Å²) >= 11 is 0. The van der Waals surface area contributed by atoms with Crippen LogP contribution < -0.4 is 5.32 Å². The molecule has 9 atom stereocenters. The van der Waals surface area contributed by atoms with Gasteiger partial charge in [-0.3, -0.25) is 9.69 Å². The van der Waals surface area contributed by atoms with Crippen molar-refractivity contribution in [3.8, 4) is 0 Å². The lowest BCUT2D eigenvalue weighted by molar-refractivity contribution is -0.233. The first kappa shape index (κ1) is 31.4. The van der Waals surface area contributed by atoms with Gasteiger partial charge in [-0.15, -0.1) is 0 Å². The number of ether oxygens (including phenoxy) is 5. The highest BCUT2D eigenvalue weighted by molar-refractivity contribution is 5.87. The zero-order chi connectivity index (χ0) is 31.2. The fourth-order valence-electron chi connectivity index (χ4n) is 7.37. The molecule has 3 aliphatic heterocycles. The van der Waals surface area contributed by atoms with Gasteiger partial charge >= 0.3 is 17.9 Å². The topological polar surface area (TPSA) is 133 Å². The van der Waals surface area contributed by atoms with Crippen LogP contribution in [0, 0.1) is 16.7 Å². The van der Waals surface area contributed by atoms with E-state index >= 15 is 0 Å². The molecule has 2 saturated heterocycles. The summed E-state index contributed by atoms with van der Waals surface area (Å²) in [7, 11) is 3.57. The highest BCUT2D eigenvalue weighted by atomic mass is 16.6. The molecule has 11 nitrogen and oxygen atoms in total. The third-order valence-electron chi connectivity index (χ3n) is 10.6. The Balaban J connectivity index is 1.52. The van der Waals surface area contributed by atoms with E-state index in [1.165, 1.54) is 29.9 Å². The van der Waals surface area contributed by atoms with Gasteiger partial charge in [0, 0.05) is 24.0 Å². The second-order valence-electron chi connectivity index (χ2n) is 13.1. The van der Waals surface area contributed by atoms with E-state index in [-0.39, 0.29) is 31.3 Å². The van der Waals surface area contributed by atoms with Crippen LogP contribution in [-0.4, -0.2) is 98.6 Å². The maximum atomic E-state index is 13.9. The molecule has 2 aliphatic carbocycles. The zero-order valence-electron chi connectivity index (χ0n) is 25.9. The summed E-state index contributed by atoms with van der Waals surface area (Å²) in [5.41, 5.74) is -0.929. The smallest absolute Gasteiger partial charge is 0.331 e. The number of allylic oxidation sites excluding steroid dienone is 3. The molecule has 0 aromatic carbocycles. The number of hydrogen-bond donors (Lipinski definition) is 1. The van der Waals surface area contributed by atoms with Crippen molar-refractivity contribution in [1.82, 2.24) is 10.2 Å². The van der Waals surface area contributed by atoms with Crippen molar-refractivity contribution in [2.75, 3.05) is 33.9 Å². The highest BCUT2D eigenvalue weighted by Crippen LogP contribution is 2.72. The minimum Gasteiger partial charge on any atom is -0.463 e. The summed E-state index contributed by atoms with van der Waals surface area (Å²) in [6.45, 7) is 8.21. The average Bonchev–Trinajstić information content (AvgIpc) is 3.74. The summed E-state index contributed by atoms with van der Waals surface area (Å²) in [6.07, 6.45) is 8.44. The predicted molar refractivity (Wildman–Crippen MR) is 154 cm³/mol. The summed E-state index contributed by atoms with van der Waals surface area (Å²) in [6, 6.07) is -1.46. The molecule has 3 fully saturated rings. The van der Waals surface area contributed by atoms with Crippen LogP contribution in [0.25, 0.3) is 0 Å². The van der Waals surface area contributed by atoms with Crippen molar-refractivity contribution in [2.45, 2.75) is 89.4 Å². The summed E-state index contributed by atoms with van der Waals surface area (Å²) in [5, 5.41) is 2.89. The van der Waals surface area contributed by atoms with E-state index in [1.807, 2.05) is 6.92 Å². The van der Waals surface area contributed by atoms with Crippen molar-refractivity contribution in [3.05, 3.63) is 36.0 Å². The number of cyclic esters (lactones) is 2. The van der Waals surface area contributed by atoms with E-state index in [2.05, 4.69) is 25.2 Å². The predicted octanol–water partition coefficient (Wildman–Crippen LogP) is 2.24. The molecule has 43 heavy (non-hydrogen) atoms. The van der Waals surface area contributed by atoms with Gasteiger partial charge in [-0.05, 0) is 53.1 Å². The van der Waals surface area contributed by atoms with Gasteiger partial charge in [0.1, 0.15) is 24.4 Å². The highest BCUT2D eigenvalue weighted by Gasteiger charge is 2.83. The molecule has 11 heteroatoms. The van der Waals surface area contributed by atoms with Crippen molar-refractivity contribution in [3.63, 3.8) is 0 Å². The van der Waals surface area contributed by atoms with Gasteiger partial charge in [0.2, 0.25) is 5.91 Å². The lowest BCUT2D eigenvalue weighted by Crippen LogP contribution is -2.67. The largest absolute Gasteiger partial charge is 0.463 e. The molecule has 3 heterocycles. The summed E-state index contributed by atoms with van der Waals surface area (Å²) in [5.74, 6) is -2.43. The fraction of sp³-hybridized carbons (Fsp3) is 0.688. The number of nitrogens with one attached hydrogen (secondary N) is 1. The van der Waals surface area contributed by atoms with Gasteiger partial charge in [-0.2, -0.15) is 0 Å². The minimum absolute atomic E-state index is 0.00144. The van der Waals surface area contributed by atoms with Crippen LogP contribution in [0.5, 0.6) is 0 Å². The molecule has 1 saturated carbocycles. The summed E-state index contributed by atoms with van der Waals surface area (Å²) < 4.78 is 30.4. The zero-order valence-corrected chi connectivity index (χ0v) is 25.9. The maximum Gasteiger partial charge on any atom is 0.331 e. The number of carbonyl (C=O) groups excluding carboxylic acids is 4. The molecule has 0 aromatic rings. The molecule has 0 aromatic heterocycles. The van der Waals surface area contributed by atoms with Crippen molar-refractivity contribution >= 4 is 23.8 Å². The molecular formula is C32H44N2O9. The molecule has 0 unspecified atom stereocenters. The first-order valence-electron chi connectivity index (χ1n) is 15.2. The summed E-state index contributed by atoms with van der Waals surface area (Å²) in [4.78, 5) is 53.9. The lowest BCUT2D eigenvalue weighted by Gasteiger charge is -2.58. The van der Waals surface area contributed by atoms with E-state index in [9.17, 15) is 19.2 Å². The Hall–Kier alpha value is -3.02. The van der Waals surface area contributed by atoms with Crippen LogP contribution in [0.15, 0.2) is 36.0 Å². The van der Waals surface area contributed by atoms with E-state index in [0.717, 1.165) is 6.42 Å². The number of epoxide rings is 1. The van der Waals surface area contributed by atoms with Crippen LogP contribution >= 0.6 is 0 Å². The van der Waals surface area contributed by atoms with Gasteiger partial charge in [0.15, 0.2) is 0 Å². The van der Waals surface area contributed by atoms with E-state index in [0.29, 0.717) is 25.9 Å². The average molecular weight is 601 g/mol. The van der Waals surface area contributed by atoms with Gasteiger partial charge < -0.3 is 29.0 Å². The van der Waals surface area contributed by atoms with Crippen LogP contribution in [0.4, 0.5) is 0 Å². The number of amides is 1. The van der Waals surface area contributed by atoms with E-state index < -0.39 is 58.4 Å². The quantitative estimate of drug-likeness (QED) is 0.223. The molecule has 2 spiro atoms. The second kappa shape index (κ2) is 11.8. The molecular weight excluding hydrogens is 556 g/mol. The molecule has 5 rings (SSSR count). The van der Waals surface area contributed by atoms with E-state index in [1.54, 1.807) is 25.9 Å². The number of hydrogen-bond acceptors (Lipinski definition) is 10. The number of esters is 3. The Morgan fingerprint density at radius 1 is 1.07 bits per heavy atom. The van der Waals surface area contributed by atoms with Gasteiger partial charge in [0.25, 0.3) is 0 Å². The Labute approximate surface area is 252 Å². The molecule has 5 aliphatic rings. The first-order chi connectivity index (χ1) is 20.3. The molecule has 236 valence electrons. The van der Waals surface area contributed by atoms with Gasteiger partial charge in [0.05, 0.1) is 36.9 Å². The van der Waals surface area contributed by atoms with Gasteiger partial charge in [-0.25, -0.2) is 14.4 Å². The normalized spacial score (nSPS) is 41.9. The Morgan fingerprint density at radius 2 is 1.77 bits per heavy atom. The molecule has 1 amide bonds. The van der Waals surface area contributed by atoms with Crippen LogP contribution in [-0.2, 0) is 42.9 Å². The van der Waals surface area contributed by atoms with Crippen molar-refractivity contribution in [1.29, 1.82) is 0 Å². The van der Waals surface area contributed by atoms with Crippen molar-refractivity contribution < 1.29 is 42.9 Å². The number of nitrogens with zero attached hydrogens (tertiary/aromatic N) is 1. The number of rotatable bonds is 3. The standard InChI is InChI=1S/C32H44N2O9/c1-19-11-13-31-17-40-29(38)27(33-28(37)21(3)34(5)6)20(2)12-14-39-25(35)9-7-8-10-26(36)43-22-16-24(42-23(31)15-19)32(18-41-32)30(22,31)4/h7-10,15,20-24,27H,11-14,16-18H2,1-6H3,(H,33,37)/b9-7+,10-8-/t20-,21+,22-,23-,24-,27-,30-,31-,32+/m1/s1. The van der Waals surface area contributed by atoms with E-state index in [4.69, 9.17) is 23.7 Å². The third-order valence-corrected chi connectivity index (χ3v) is 10.6. The van der Waals surface area contributed by atoms with Crippen LogP contribution in [0.1, 0.15) is 53.4 Å². The Bertz CT molecular complexity index is 1240. The monoisotopic (exact) mass is 600 g/mol. The Morgan fingerprint density at radius 3 is 2.44 bits per heavy atom. The molecule has 0 radical (unpaired) electrons. The minimum atomic E-state index is -0.977. The number of likely N-dealkylation sites (N-methyl/N-ethyl adjacent to an activating group) is 1. The second-order valence-corrected chi connectivity index (χ2v) is 13.1. The van der Waals surface area contributed by atoms with Crippen LogP contribution in [0.3, 0.4) is 0 Å².